The summed E-state index contributed by atoms with van der Waals surface area (Å²) >= 11 is 6.00. The van der Waals surface area contributed by atoms with Crippen LogP contribution in [0.15, 0.2) is 53.3 Å². The van der Waals surface area contributed by atoms with E-state index in [4.69, 9.17) is 11.6 Å². The van der Waals surface area contributed by atoms with E-state index < -0.39 is 23.5 Å². The maximum absolute atomic E-state index is 13.1. The van der Waals surface area contributed by atoms with Crippen LogP contribution in [0.2, 0.25) is 5.02 Å². The molecule has 184 valence electrons. The summed E-state index contributed by atoms with van der Waals surface area (Å²) in [5.74, 6) is 0.362. The van der Waals surface area contributed by atoms with Gasteiger partial charge in [0.15, 0.2) is 5.82 Å². The largest absolute Gasteiger partial charge is 0.465 e. The van der Waals surface area contributed by atoms with E-state index in [0.717, 1.165) is 16.7 Å². The predicted octanol–water partition coefficient (Wildman–Crippen LogP) is 4.55. The summed E-state index contributed by atoms with van der Waals surface area (Å²) in [6, 6.07) is 10.6. The lowest BCUT2D eigenvalue weighted by Crippen LogP contribution is -2.46. The molecule has 2 heterocycles. The number of hydrogen-bond donors (Lipinski definition) is 1. The van der Waals surface area contributed by atoms with Crippen LogP contribution in [-0.2, 0) is 6.18 Å². The monoisotopic (exact) mass is 507 g/mol. The highest BCUT2D eigenvalue weighted by Crippen LogP contribution is 2.30. The highest BCUT2D eigenvalue weighted by Gasteiger charge is 2.31. The molecule has 0 saturated carbocycles. The molecule has 1 aromatic heterocycles. The Hall–Kier alpha value is -3.60. The first-order valence-corrected chi connectivity index (χ1v) is 11.1. The normalized spacial score (nSPS) is 14.7. The number of amides is 1. The van der Waals surface area contributed by atoms with Crippen LogP contribution >= 0.6 is 11.6 Å². The fraction of sp³-hybridized carbons (Fsp3) is 0.304. The van der Waals surface area contributed by atoms with E-state index in [0.29, 0.717) is 36.5 Å². The van der Waals surface area contributed by atoms with E-state index in [9.17, 15) is 27.9 Å². The third-order valence-electron chi connectivity index (χ3n) is 5.96. The standard InChI is InChI=1S/C23H21ClF3N5O3/c1-30(22(34)35)17-10-12-31(13-11-17)20-28-19(14-2-6-16(24)7-3-14)32(21(33)29-20)18-8-4-15(5-9-18)23(25,26)27/h2-9,17H,10-13H2,1H3,(H,34,35). The molecule has 8 nitrogen and oxygen atoms in total. The molecule has 1 N–H and O–H groups in total. The van der Waals surface area contributed by atoms with Crippen molar-refractivity contribution in [1.82, 2.24) is 19.4 Å². The van der Waals surface area contributed by atoms with Crippen molar-refractivity contribution in [3.05, 3.63) is 69.6 Å². The zero-order chi connectivity index (χ0) is 25.3. The molecule has 2 aromatic carbocycles. The number of piperidine rings is 1. The first-order chi connectivity index (χ1) is 16.5. The average molecular weight is 508 g/mol. The van der Waals surface area contributed by atoms with Crippen molar-refractivity contribution in [2.45, 2.75) is 25.1 Å². The van der Waals surface area contributed by atoms with Gasteiger partial charge in [0.2, 0.25) is 5.95 Å². The molecule has 1 amide bonds. The summed E-state index contributed by atoms with van der Waals surface area (Å²) in [7, 11) is 1.52. The number of alkyl halides is 3. The quantitative estimate of drug-likeness (QED) is 0.557. The highest BCUT2D eigenvalue weighted by atomic mass is 35.5. The van der Waals surface area contributed by atoms with Crippen molar-refractivity contribution in [2.75, 3.05) is 25.0 Å². The summed E-state index contributed by atoms with van der Waals surface area (Å²) in [5.41, 5.74) is -0.838. The van der Waals surface area contributed by atoms with Crippen molar-refractivity contribution >= 4 is 23.6 Å². The van der Waals surface area contributed by atoms with Gasteiger partial charge in [-0.25, -0.2) is 14.2 Å². The Labute approximate surface area is 203 Å². The molecule has 1 saturated heterocycles. The second kappa shape index (κ2) is 9.57. The second-order valence-corrected chi connectivity index (χ2v) is 8.56. The third kappa shape index (κ3) is 5.24. The van der Waals surface area contributed by atoms with Crippen LogP contribution in [0, 0.1) is 0 Å². The molecule has 3 aromatic rings. The van der Waals surface area contributed by atoms with E-state index in [1.807, 2.05) is 0 Å². The molecule has 1 aliphatic rings. The van der Waals surface area contributed by atoms with Crippen molar-refractivity contribution in [3.63, 3.8) is 0 Å². The molecule has 12 heteroatoms. The lowest BCUT2D eigenvalue weighted by atomic mass is 10.0. The molecular weight excluding hydrogens is 487 g/mol. The van der Waals surface area contributed by atoms with Crippen LogP contribution in [0.25, 0.3) is 17.1 Å². The maximum Gasteiger partial charge on any atom is 0.416 e. The molecule has 0 radical (unpaired) electrons. The smallest absolute Gasteiger partial charge is 0.416 e. The Morgan fingerprint density at radius 2 is 1.66 bits per heavy atom. The Bertz CT molecular complexity index is 1270. The molecule has 4 rings (SSSR count). The highest BCUT2D eigenvalue weighted by molar-refractivity contribution is 6.30. The summed E-state index contributed by atoms with van der Waals surface area (Å²) in [6.07, 6.45) is -4.46. The molecule has 0 aliphatic carbocycles. The van der Waals surface area contributed by atoms with Crippen molar-refractivity contribution in [1.29, 1.82) is 0 Å². The van der Waals surface area contributed by atoms with Crippen LogP contribution < -0.4 is 10.6 Å². The molecule has 1 fully saturated rings. The van der Waals surface area contributed by atoms with E-state index in [1.54, 1.807) is 29.2 Å². The summed E-state index contributed by atoms with van der Waals surface area (Å²) in [4.78, 5) is 36.1. The molecule has 0 unspecified atom stereocenters. The van der Waals surface area contributed by atoms with E-state index in [1.165, 1.54) is 24.1 Å². The number of hydrogen-bond acceptors (Lipinski definition) is 5. The zero-order valence-corrected chi connectivity index (χ0v) is 19.3. The van der Waals surface area contributed by atoms with Gasteiger partial charge in [-0.1, -0.05) is 11.6 Å². The van der Waals surface area contributed by atoms with Crippen molar-refractivity contribution in [2.24, 2.45) is 0 Å². The van der Waals surface area contributed by atoms with Gasteiger partial charge in [-0.2, -0.15) is 23.1 Å². The van der Waals surface area contributed by atoms with Gasteiger partial charge in [0.05, 0.1) is 11.3 Å². The van der Waals surface area contributed by atoms with Gasteiger partial charge < -0.3 is 14.9 Å². The number of rotatable bonds is 4. The van der Waals surface area contributed by atoms with Gasteiger partial charge in [0.25, 0.3) is 0 Å². The SMILES string of the molecule is CN(C(=O)O)C1CCN(c2nc(-c3ccc(Cl)cc3)n(-c3ccc(C(F)(F)F)cc3)c(=O)n2)CC1. The van der Waals surface area contributed by atoms with Gasteiger partial charge in [-0.15, -0.1) is 0 Å². The molecule has 35 heavy (non-hydrogen) atoms. The van der Waals surface area contributed by atoms with Crippen LogP contribution in [0.4, 0.5) is 23.9 Å². The zero-order valence-electron chi connectivity index (χ0n) is 18.5. The van der Waals surface area contributed by atoms with Crippen LogP contribution in [0.3, 0.4) is 0 Å². The third-order valence-corrected chi connectivity index (χ3v) is 6.21. The minimum absolute atomic E-state index is 0.160. The number of anilines is 1. The Morgan fingerprint density at radius 1 is 1.06 bits per heavy atom. The maximum atomic E-state index is 13.1. The first-order valence-electron chi connectivity index (χ1n) is 10.7. The van der Waals surface area contributed by atoms with Gasteiger partial charge in [0, 0.05) is 36.8 Å². The number of carbonyl (C=O) groups is 1. The summed E-state index contributed by atoms with van der Waals surface area (Å²) < 4.78 is 40.2. The first kappa shape index (κ1) is 24.5. The van der Waals surface area contributed by atoms with Crippen molar-refractivity contribution < 1.29 is 23.1 Å². The lowest BCUT2D eigenvalue weighted by molar-refractivity contribution is -0.137. The Morgan fingerprint density at radius 3 is 2.20 bits per heavy atom. The summed E-state index contributed by atoms with van der Waals surface area (Å²) in [6.45, 7) is 0.873. The fourth-order valence-corrected chi connectivity index (χ4v) is 4.10. The number of benzene rings is 2. The second-order valence-electron chi connectivity index (χ2n) is 8.13. The molecule has 1 aliphatic heterocycles. The van der Waals surface area contributed by atoms with Gasteiger partial charge in [-0.3, -0.25) is 0 Å². The van der Waals surface area contributed by atoms with E-state index in [2.05, 4.69) is 9.97 Å². The Balaban J connectivity index is 1.74. The number of aromatic nitrogens is 3. The molecule has 0 atom stereocenters. The predicted molar refractivity (Wildman–Crippen MR) is 124 cm³/mol. The topological polar surface area (TPSA) is 91.6 Å². The van der Waals surface area contributed by atoms with E-state index >= 15 is 0 Å². The molecule has 0 spiro atoms. The van der Waals surface area contributed by atoms with Crippen LogP contribution in [0.1, 0.15) is 18.4 Å². The Kier molecular flexibility index (Phi) is 6.70. The number of halogens is 4. The van der Waals surface area contributed by atoms with Crippen LogP contribution in [-0.4, -0.2) is 56.8 Å². The molecular formula is C23H21ClF3N5O3. The number of carboxylic acid groups (broad SMARTS) is 1. The fourth-order valence-electron chi connectivity index (χ4n) is 3.97. The molecule has 0 bridgehead atoms. The van der Waals surface area contributed by atoms with Crippen molar-refractivity contribution in [3.8, 4) is 17.1 Å². The summed E-state index contributed by atoms with van der Waals surface area (Å²) in [5, 5.41) is 9.68. The minimum atomic E-state index is -4.51. The number of nitrogens with zero attached hydrogens (tertiary/aromatic N) is 5. The average Bonchev–Trinajstić information content (AvgIpc) is 2.83. The van der Waals surface area contributed by atoms with Gasteiger partial charge in [0.1, 0.15) is 0 Å². The lowest BCUT2D eigenvalue weighted by Gasteiger charge is -2.35. The van der Waals surface area contributed by atoms with Crippen LogP contribution in [0.5, 0.6) is 0 Å². The minimum Gasteiger partial charge on any atom is -0.465 e. The van der Waals surface area contributed by atoms with Gasteiger partial charge in [-0.05, 0) is 61.4 Å². The van der Waals surface area contributed by atoms with Gasteiger partial charge >= 0.3 is 18.0 Å². The van der Waals surface area contributed by atoms with E-state index in [-0.39, 0.29) is 23.5 Å².